The second-order valence-electron chi connectivity index (χ2n) is 6.67. The van der Waals surface area contributed by atoms with Gasteiger partial charge in [-0.25, -0.2) is 9.97 Å². The lowest BCUT2D eigenvalue weighted by atomic mass is 10.2. The average molecular weight is 420 g/mol. The summed E-state index contributed by atoms with van der Waals surface area (Å²) < 4.78 is 37.7. The number of pyridine rings is 2. The van der Waals surface area contributed by atoms with Gasteiger partial charge in [0.2, 0.25) is 0 Å². The van der Waals surface area contributed by atoms with Crippen molar-refractivity contribution in [3.63, 3.8) is 0 Å². The van der Waals surface area contributed by atoms with E-state index in [0.29, 0.717) is 32.0 Å². The van der Waals surface area contributed by atoms with Gasteiger partial charge in [-0.1, -0.05) is 11.3 Å². The number of rotatable bonds is 5. The van der Waals surface area contributed by atoms with Crippen LogP contribution in [0, 0.1) is 0 Å². The van der Waals surface area contributed by atoms with Crippen LogP contribution >= 0.6 is 11.3 Å². The second-order valence-corrected chi connectivity index (χ2v) is 7.70. The molecule has 29 heavy (non-hydrogen) atoms. The fourth-order valence-corrected chi connectivity index (χ4v) is 4.02. The maximum absolute atomic E-state index is 12.6. The number of alkyl halides is 3. The molecule has 1 aliphatic rings. The standard InChI is InChI=1S/C19H19F3N6S/c20-19(21,22)13-27-7-9-28(10-8-27)15-3-6-24-17(11-15)26-18-25-12-16(29-18)14-1-4-23-5-2-14/h1-6,11-12H,7-10,13H2,(H,24,25,26). The SMILES string of the molecule is FC(F)(F)CN1CCN(c2ccnc(Nc3ncc(-c4ccncc4)s3)c2)CC1. The van der Waals surface area contributed by atoms with Gasteiger partial charge in [-0.05, 0) is 23.8 Å². The van der Waals surface area contributed by atoms with Gasteiger partial charge in [-0.15, -0.1) is 0 Å². The molecule has 0 atom stereocenters. The summed E-state index contributed by atoms with van der Waals surface area (Å²) in [6.45, 7) is 0.999. The van der Waals surface area contributed by atoms with Gasteiger partial charge >= 0.3 is 6.18 Å². The Morgan fingerprint density at radius 2 is 1.76 bits per heavy atom. The molecule has 10 heteroatoms. The fraction of sp³-hybridized carbons (Fsp3) is 0.316. The lowest BCUT2D eigenvalue weighted by Gasteiger charge is -2.36. The molecule has 6 nitrogen and oxygen atoms in total. The number of nitrogens with zero attached hydrogens (tertiary/aromatic N) is 5. The van der Waals surface area contributed by atoms with Crippen LogP contribution in [0.3, 0.4) is 0 Å². The van der Waals surface area contributed by atoms with Gasteiger partial charge in [0.15, 0.2) is 5.13 Å². The Balaban J connectivity index is 1.39. The van der Waals surface area contributed by atoms with Gasteiger partial charge in [0.1, 0.15) is 5.82 Å². The van der Waals surface area contributed by atoms with Crippen LogP contribution in [0.4, 0.5) is 29.8 Å². The van der Waals surface area contributed by atoms with E-state index in [1.165, 1.54) is 16.2 Å². The maximum Gasteiger partial charge on any atom is 0.401 e. The van der Waals surface area contributed by atoms with Crippen LogP contribution in [0.5, 0.6) is 0 Å². The van der Waals surface area contributed by atoms with Crippen molar-refractivity contribution in [1.29, 1.82) is 0 Å². The third-order valence-electron chi connectivity index (χ3n) is 4.59. The first-order chi connectivity index (χ1) is 14.0. The zero-order chi connectivity index (χ0) is 20.3. The van der Waals surface area contributed by atoms with Crippen LogP contribution < -0.4 is 10.2 Å². The van der Waals surface area contributed by atoms with Gasteiger partial charge < -0.3 is 10.2 Å². The third-order valence-corrected chi connectivity index (χ3v) is 5.55. The Kier molecular flexibility index (Phi) is 5.63. The summed E-state index contributed by atoms with van der Waals surface area (Å²) in [6, 6.07) is 7.62. The van der Waals surface area contributed by atoms with E-state index in [0.717, 1.165) is 21.3 Å². The van der Waals surface area contributed by atoms with Crippen molar-refractivity contribution in [3.05, 3.63) is 49.1 Å². The summed E-state index contributed by atoms with van der Waals surface area (Å²) in [4.78, 5) is 17.3. The summed E-state index contributed by atoms with van der Waals surface area (Å²) >= 11 is 1.51. The molecule has 0 saturated carbocycles. The predicted octanol–water partition coefficient (Wildman–Crippen LogP) is 4.03. The van der Waals surface area contributed by atoms with Gasteiger partial charge in [0, 0.05) is 62.7 Å². The monoisotopic (exact) mass is 420 g/mol. The zero-order valence-corrected chi connectivity index (χ0v) is 16.2. The molecular formula is C19H19F3N6S. The Bertz CT molecular complexity index is 938. The number of hydrogen-bond donors (Lipinski definition) is 1. The molecule has 0 bridgehead atoms. The van der Waals surface area contributed by atoms with E-state index in [4.69, 9.17) is 0 Å². The van der Waals surface area contributed by atoms with Crippen molar-refractivity contribution < 1.29 is 13.2 Å². The number of anilines is 3. The van der Waals surface area contributed by atoms with Gasteiger partial charge in [0.05, 0.1) is 11.4 Å². The highest BCUT2D eigenvalue weighted by atomic mass is 32.1. The molecule has 152 valence electrons. The van der Waals surface area contributed by atoms with E-state index in [1.54, 1.807) is 24.8 Å². The van der Waals surface area contributed by atoms with E-state index in [2.05, 4.69) is 25.2 Å². The first kappa shape index (κ1) is 19.6. The van der Waals surface area contributed by atoms with Crippen LogP contribution in [0.15, 0.2) is 49.1 Å². The van der Waals surface area contributed by atoms with Crippen molar-refractivity contribution in [2.45, 2.75) is 6.18 Å². The van der Waals surface area contributed by atoms with E-state index in [9.17, 15) is 13.2 Å². The molecule has 3 aromatic heterocycles. The highest BCUT2D eigenvalue weighted by Gasteiger charge is 2.32. The third kappa shape index (κ3) is 5.21. The summed E-state index contributed by atoms with van der Waals surface area (Å²) in [5.41, 5.74) is 1.98. The Morgan fingerprint density at radius 3 is 2.48 bits per heavy atom. The maximum atomic E-state index is 12.6. The highest BCUT2D eigenvalue weighted by Crippen LogP contribution is 2.30. The first-order valence-corrected chi connectivity index (χ1v) is 9.91. The first-order valence-electron chi connectivity index (χ1n) is 9.10. The number of hydrogen-bond acceptors (Lipinski definition) is 7. The fourth-order valence-electron chi connectivity index (χ4n) is 3.19. The average Bonchev–Trinajstić information content (AvgIpc) is 3.17. The molecule has 0 aromatic carbocycles. The lowest BCUT2D eigenvalue weighted by molar-refractivity contribution is -0.146. The van der Waals surface area contributed by atoms with Crippen molar-refractivity contribution in [3.8, 4) is 10.4 Å². The minimum Gasteiger partial charge on any atom is -0.369 e. The topological polar surface area (TPSA) is 57.2 Å². The lowest BCUT2D eigenvalue weighted by Crippen LogP contribution is -2.49. The van der Waals surface area contributed by atoms with E-state index in [-0.39, 0.29) is 0 Å². The van der Waals surface area contributed by atoms with Crippen LogP contribution in [-0.4, -0.2) is 58.8 Å². The van der Waals surface area contributed by atoms with E-state index >= 15 is 0 Å². The van der Waals surface area contributed by atoms with Crippen molar-refractivity contribution in [1.82, 2.24) is 19.9 Å². The summed E-state index contributed by atoms with van der Waals surface area (Å²) in [5, 5.41) is 3.93. The molecule has 1 fully saturated rings. The molecule has 0 radical (unpaired) electrons. The van der Waals surface area contributed by atoms with Crippen LogP contribution in [0.25, 0.3) is 10.4 Å². The number of thiazole rings is 1. The van der Waals surface area contributed by atoms with Crippen LogP contribution in [0.2, 0.25) is 0 Å². The molecule has 4 heterocycles. The number of aromatic nitrogens is 3. The summed E-state index contributed by atoms with van der Waals surface area (Å²) in [7, 11) is 0. The smallest absolute Gasteiger partial charge is 0.369 e. The normalized spacial score (nSPS) is 15.5. The van der Waals surface area contributed by atoms with Gasteiger partial charge in [0.25, 0.3) is 0 Å². The quantitative estimate of drug-likeness (QED) is 0.673. The molecular weight excluding hydrogens is 401 g/mol. The van der Waals surface area contributed by atoms with Gasteiger partial charge in [-0.3, -0.25) is 9.88 Å². The number of halogens is 3. The molecule has 1 N–H and O–H groups in total. The molecule has 0 spiro atoms. The largest absolute Gasteiger partial charge is 0.401 e. The molecule has 3 aromatic rings. The number of piperazine rings is 1. The molecule has 0 aliphatic carbocycles. The van der Waals surface area contributed by atoms with E-state index in [1.807, 2.05) is 24.3 Å². The number of nitrogens with one attached hydrogen (secondary N) is 1. The second kappa shape index (κ2) is 8.34. The molecule has 0 amide bonds. The Morgan fingerprint density at radius 1 is 1.00 bits per heavy atom. The predicted molar refractivity (Wildman–Crippen MR) is 108 cm³/mol. The van der Waals surface area contributed by atoms with Gasteiger partial charge in [-0.2, -0.15) is 13.2 Å². The van der Waals surface area contributed by atoms with Crippen molar-refractivity contribution in [2.24, 2.45) is 0 Å². The highest BCUT2D eigenvalue weighted by molar-refractivity contribution is 7.18. The summed E-state index contributed by atoms with van der Waals surface area (Å²) in [5.74, 6) is 0.649. The molecule has 0 unspecified atom stereocenters. The minimum atomic E-state index is -4.15. The Labute approximate surface area is 170 Å². The van der Waals surface area contributed by atoms with Crippen LogP contribution in [-0.2, 0) is 0 Å². The minimum absolute atomic E-state index is 0.381. The molecule has 1 aliphatic heterocycles. The molecule has 1 saturated heterocycles. The van der Waals surface area contributed by atoms with E-state index < -0.39 is 12.7 Å². The summed E-state index contributed by atoms with van der Waals surface area (Å²) in [6.07, 6.45) is 2.81. The molecule has 4 rings (SSSR count). The zero-order valence-electron chi connectivity index (χ0n) is 15.4. The van der Waals surface area contributed by atoms with Crippen LogP contribution in [0.1, 0.15) is 0 Å². The Hall–Kier alpha value is -2.72. The van der Waals surface area contributed by atoms with Crippen molar-refractivity contribution in [2.75, 3.05) is 42.9 Å². The van der Waals surface area contributed by atoms with Crippen molar-refractivity contribution >= 4 is 28.0 Å².